The van der Waals surface area contributed by atoms with Gasteiger partial charge in [-0.05, 0) is 45.5 Å². The lowest BCUT2D eigenvalue weighted by atomic mass is 10.2. The van der Waals surface area contributed by atoms with Gasteiger partial charge in [-0.2, -0.15) is 0 Å². The number of carbonyl (C=O) groups is 1. The fourth-order valence-corrected chi connectivity index (χ4v) is 2.81. The zero-order valence-electron chi connectivity index (χ0n) is 12.8. The number of aliphatic hydroxyl groups is 1. The molecule has 5 heteroatoms. The van der Waals surface area contributed by atoms with E-state index in [2.05, 4.69) is 18.7 Å². The normalized spacial score (nSPS) is 12.9. The molecule has 1 aromatic rings. The summed E-state index contributed by atoms with van der Waals surface area (Å²) in [6.45, 7) is 10.7. The van der Waals surface area contributed by atoms with E-state index in [0.29, 0.717) is 11.3 Å². The van der Waals surface area contributed by atoms with E-state index in [4.69, 9.17) is 4.74 Å². The fourth-order valence-electron chi connectivity index (χ4n) is 1.90. The molecule has 0 radical (unpaired) electrons. The molecule has 0 amide bonds. The van der Waals surface area contributed by atoms with Crippen LogP contribution in [-0.4, -0.2) is 41.7 Å². The summed E-state index contributed by atoms with van der Waals surface area (Å²) < 4.78 is 5.14. The number of hydrogen-bond acceptors (Lipinski definition) is 5. The number of hydrogen-bond donors (Lipinski definition) is 1. The maximum Gasteiger partial charge on any atom is 0.348 e. The van der Waals surface area contributed by atoms with Gasteiger partial charge in [-0.25, -0.2) is 4.79 Å². The lowest BCUT2D eigenvalue weighted by molar-refractivity contribution is 0.0384. The SMILES string of the molecule is CCN(CC)CCC(O)c1ccc(C(=O)OC(C)C)s1. The molecule has 0 saturated heterocycles. The minimum absolute atomic E-state index is 0.124. The highest BCUT2D eigenvalue weighted by Gasteiger charge is 2.16. The molecule has 0 saturated carbocycles. The second-order valence-corrected chi connectivity index (χ2v) is 6.10. The van der Waals surface area contributed by atoms with Crippen LogP contribution in [0, 0.1) is 0 Å². The number of thiophene rings is 1. The fraction of sp³-hybridized carbons (Fsp3) is 0.667. The monoisotopic (exact) mass is 299 g/mol. The summed E-state index contributed by atoms with van der Waals surface area (Å²) in [7, 11) is 0. The van der Waals surface area contributed by atoms with Crippen LogP contribution < -0.4 is 0 Å². The topological polar surface area (TPSA) is 49.8 Å². The molecule has 0 aliphatic rings. The maximum atomic E-state index is 11.7. The Hall–Kier alpha value is -0.910. The molecule has 0 aliphatic heterocycles. The van der Waals surface area contributed by atoms with Crippen LogP contribution in [-0.2, 0) is 4.74 Å². The van der Waals surface area contributed by atoms with Crippen LogP contribution in [0.15, 0.2) is 12.1 Å². The van der Waals surface area contributed by atoms with Crippen molar-refractivity contribution in [3.8, 4) is 0 Å². The van der Waals surface area contributed by atoms with E-state index in [1.165, 1.54) is 11.3 Å². The first-order chi connectivity index (χ1) is 9.47. The Kier molecular flexibility index (Phi) is 7.19. The van der Waals surface area contributed by atoms with Crippen LogP contribution in [0.4, 0.5) is 0 Å². The molecule has 1 aromatic heterocycles. The molecule has 0 bridgehead atoms. The van der Waals surface area contributed by atoms with Crippen molar-refractivity contribution in [1.82, 2.24) is 4.90 Å². The molecular weight excluding hydrogens is 274 g/mol. The van der Waals surface area contributed by atoms with Crippen LogP contribution in [0.3, 0.4) is 0 Å². The first kappa shape index (κ1) is 17.1. The number of esters is 1. The van der Waals surface area contributed by atoms with E-state index in [0.717, 1.165) is 24.5 Å². The largest absolute Gasteiger partial charge is 0.459 e. The van der Waals surface area contributed by atoms with Crippen molar-refractivity contribution in [2.75, 3.05) is 19.6 Å². The van der Waals surface area contributed by atoms with Gasteiger partial charge in [0.2, 0.25) is 0 Å². The maximum absolute atomic E-state index is 11.7. The highest BCUT2D eigenvalue weighted by molar-refractivity contribution is 7.14. The van der Waals surface area contributed by atoms with Crippen molar-refractivity contribution in [3.05, 3.63) is 21.9 Å². The van der Waals surface area contributed by atoms with Crippen molar-refractivity contribution in [2.24, 2.45) is 0 Å². The second-order valence-electron chi connectivity index (χ2n) is 4.99. The van der Waals surface area contributed by atoms with E-state index >= 15 is 0 Å². The smallest absolute Gasteiger partial charge is 0.348 e. The third kappa shape index (κ3) is 5.23. The Morgan fingerprint density at radius 1 is 1.35 bits per heavy atom. The number of aliphatic hydroxyl groups excluding tert-OH is 1. The van der Waals surface area contributed by atoms with Gasteiger partial charge in [0.05, 0.1) is 12.2 Å². The second kappa shape index (κ2) is 8.39. The Morgan fingerprint density at radius 3 is 2.55 bits per heavy atom. The first-order valence-electron chi connectivity index (χ1n) is 7.19. The zero-order valence-corrected chi connectivity index (χ0v) is 13.6. The van der Waals surface area contributed by atoms with Crippen molar-refractivity contribution >= 4 is 17.3 Å². The molecule has 1 heterocycles. The number of rotatable bonds is 8. The molecule has 0 aromatic carbocycles. The van der Waals surface area contributed by atoms with Gasteiger partial charge in [0.25, 0.3) is 0 Å². The van der Waals surface area contributed by atoms with Crippen LogP contribution in [0.2, 0.25) is 0 Å². The predicted octanol–water partition coefficient (Wildman–Crippen LogP) is 3.08. The van der Waals surface area contributed by atoms with Gasteiger partial charge >= 0.3 is 5.97 Å². The van der Waals surface area contributed by atoms with E-state index in [9.17, 15) is 9.90 Å². The highest BCUT2D eigenvalue weighted by Crippen LogP contribution is 2.26. The standard InChI is InChI=1S/C15H25NO3S/c1-5-16(6-2)10-9-12(17)13-7-8-14(20-13)15(18)19-11(3)4/h7-8,11-12,17H,5-6,9-10H2,1-4H3. The summed E-state index contributed by atoms with van der Waals surface area (Å²) in [5.74, 6) is -0.313. The summed E-state index contributed by atoms with van der Waals surface area (Å²) in [4.78, 5) is 15.4. The van der Waals surface area contributed by atoms with Gasteiger partial charge in [-0.15, -0.1) is 11.3 Å². The van der Waals surface area contributed by atoms with Gasteiger partial charge in [0, 0.05) is 11.4 Å². The zero-order chi connectivity index (χ0) is 15.1. The lowest BCUT2D eigenvalue weighted by Crippen LogP contribution is -2.25. The van der Waals surface area contributed by atoms with E-state index < -0.39 is 6.10 Å². The molecule has 0 aliphatic carbocycles. The molecule has 1 unspecified atom stereocenters. The molecule has 20 heavy (non-hydrogen) atoms. The summed E-state index contributed by atoms with van der Waals surface area (Å²) in [5, 5.41) is 10.2. The predicted molar refractivity (Wildman–Crippen MR) is 82.2 cm³/mol. The van der Waals surface area contributed by atoms with Gasteiger partial charge in [-0.1, -0.05) is 13.8 Å². The Balaban J connectivity index is 2.55. The number of nitrogens with zero attached hydrogens (tertiary/aromatic N) is 1. The third-order valence-corrected chi connectivity index (χ3v) is 4.28. The molecule has 1 atom stereocenters. The molecule has 114 valence electrons. The van der Waals surface area contributed by atoms with Crippen molar-refractivity contribution in [2.45, 2.75) is 46.3 Å². The van der Waals surface area contributed by atoms with E-state index in [-0.39, 0.29) is 12.1 Å². The van der Waals surface area contributed by atoms with Gasteiger partial charge in [0.1, 0.15) is 4.88 Å². The van der Waals surface area contributed by atoms with Gasteiger partial charge in [-0.3, -0.25) is 0 Å². The minimum Gasteiger partial charge on any atom is -0.459 e. The van der Waals surface area contributed by atoms with Crippen LogP contribution >= 0.6 is 11.3 Å². The average Bonchev–Trinajstić information content (AvgIpc) is 2.88. The quantitative estimate of drug-likeness (QED) is 0.750. The van der Waals surface area contributed by atoms with E-state index in [1.807, 2.05) is 19.9 Å². The van der Waals surface area contributed by atoms with Gasteiger partial charge < -0.3 is 14.7 Å². The summed E-state index contributed by atoms with van der Waals surface area (Å²) >= 11 is 1.31. The Bertz CT molecular complexity index is 413. The Labute approximate surface area is 125 Å². The summed E-state index contributed by atoms with van der Waals surface area (Å²) in [6.07, 6.45) is 0.0442. The first-order valence-corrected chi connectivity index (χ1v) is 8.00. The van der Waals surface area contributed by atoms with E-state index in [1.54, 1.807) is 6.07 Å². The van der Waals surface area contributed by atoms with Crippen LogP contribution in [0.5, 0.6) is 0 Å². The number of carbonyl (C=O) groups excluding carboxylic acids is 1. The minimum atomic E-state index is -0.513. The highest BCUT2D eigenvalue weighted by atomic mass is 32.1. The number of ether oxygens (including phenoxy) is 1. The molecule has 1 rings (SSSR count). The third-order valence-electron chi connectivity index (χ3n) is 3.11. The lowest BCUT2D eigenvalue weighted by Gasteiger charge is -2.19. The molecule has 4 nitrogen and oxygen atoms in total. The molecule has 1 N–H and O–H groups in total. The van der Waals surface area contributed by atoms with Gasteiger partial charge in [0.15, 0.2) is 0 Å². The molecular formula is C15H25NO3S. The summed E-state index contributed by atoms with van der Waals surface area (Å²) in [6, 6.07) is 3.54. The average molecular weight is 299 g/mol. The van der Waals surface area contributed by atoms with Crippen molar-refractivity contribution in [3.63, 3.8) is 0 Å². The van der Waals surface area contributed by atoms with Crippen molar-refractivity contribution in [1.29, 1.82) is 0 Å². The van der Waals surface area contributed by atoms with Crippen LogP contribution in [0.25, 0.3) is 0 Å². The molecule has 0 fully saturated rings. The molecule has 0 spiro atoms. The summed E-state index contributed by atoms with van der Waals surface area (Å²) in [5.41, 5.74) is 0. The Morgan fingerprint density at radius 2 is 2.00 bits per heavy atom. The van der Waals surface area contributed by atoms with Crippen molar-refractivity contribution < 1.29 is 14.6 Å². The van der Waals surface area contributed by atoms with Crippen LogP contribution in [0.1, 0.15) is 54.8 Å².